The van der Waals surface area contributed by atoms with Crippen LogP contribution in [0.25, 0.3) is 0 Å². The number of rotatable bonds is 4. The zero-order valence-electron chi connectivity index (χ0n) is 14.6. The van der Waals surface area contributed by atoms with Crippen molar-refractivity contribution in [3.8, 4) is 0 Å². The minimum absolute atomic E-state index is 0.271. The van der Waals surface area contributed by atoms with Gasteiger partial charge in [0.15, 0.2) is 0 Å². The number of nitrogens with one attached hydrogen (secondary N) is 1. The van der Waals surface area contributed by atoms with Gasteiger partial charge in [0.25, 0.3) is 5.91 Å². The number of aryl methyl sites for hydroxylation is 1. The minimum Gasteiger partial charge on any atom is -0.454 e. The molecule has 7 heteroatoms. The molecule has 1 amide bonds. The first-order chi connectivity index (χ1) is 13.1. The maximum absolute atomic E-state index is 12.5. The van der Waals surface area contributed by atoms with Crippen molar-refractivity contribution in [1.82, 2.24) is 10.2 Å². The van der Waals surface area contributed by atoms with E-state index in [4.69, 9.17) is 4.74 Å². The van der Waals surface area contributed by atoms with E-state index in [1.54, 1.807) is 18.2 Å². The van der Waals surface area contributed by atoms with Crippen LogP contribution in [-0.4, -0.2) is 22.1 Å². The first-order valence-electron chi connectivity index (χ1n) is 8.66. The zero-order valence-corrected chi connectivity index (χ0v) is 15.5. The fraction of sp³-hybridized carbons (Fsp3) is 0.200. The van der Waals surface area contributed by atoms with E-state index in [0.717, 1.165) is 22.6 Å². The van der Waals surface area contributed by atoms with E-state index in [9.17, 15) is 9.59 Å². The lowest BCUT2D eigenvalue weighted by atomic mass is 9.93. The Morgan fingerprint density at radius 2 is 2.04 bits per heavy atom. The number of hydrogen-bond donors (Lipinski definition) is 1. The molecule has 136 valence electrons. The molecule has 0 fully saturated rings. The van der Waals surface area contributed by atoms with E-state index in [2.05, 4.69) is 15.5 Å². The smallest absolute Gasteiger partial charge is 0.339 e. The topological polar surface area (TPSA) is 81.2 Å². The number of esters is 1. The van der Waals surface area contributed by atoms with Gasteiger partial charge in [-0.3, -0.25) is 10.1 Å². The Balaban J connectivity index is 1.57. The summed E-state index contributed by atoms with van der Waals surface area (Å²) in [7, 11) is 0. The third-order valence-electron chi connectivity index (χ3n) is 4.40. The second-order valence-electron chi connectivity index (χ2n) is 6.19. The highest BCUT2D eigenvalue weighted by Crippen LogP contribution is 2.31. The lowest BCUT2D eigenvalue weighted by molar-refractivity contribution is 0.0252. The van der Waals surface area contributed by atoms with E-state index in [1.165, 1.54) is 11.3 Å². The Hall–Kier alpha value is -3.06. The number of nitrogens with zero attached hydrogens (tertiary/aromatic N) is 2. The van der Waals surface area contributed by atoms with Gasteiger partial charge in [-0.2, -0.15) is 0 Å². The third-order valence-corrected chi connectivity index (χ3v) is 5.39. The fourth-order valence-corrected chi connectivity index (χ4v) is 3.68. The molecule has 0 spiro atoms. The van der Waals surface area contributed by atoms with Crippen molar-refractivity contribution in [3.05, 3.63) is 75.8 Å². The van der Waals surface area contributed by atoms with Crippen molar-refractivity contribution in [3.63, 3.8) is 0 Å². The number of fused-ring (bicyclic) bond motifs is 1. The summed E-state index contributed by atoms with van der Waals surface area (Å²) in [5.74, 6) is -0.638. The predicted molar refractivity (Wildman–Crippen MR) is 102 cm³/mol. The number of benzene rings is 2. The van der Waals surface area contributed by atoms with Crippen LogP contribution in [0.4, 0.5) is 5.13 Å². The average molecular weight is 379 g/mol. The van der Waals surface area contributed by atoms with Gasteiger partial charge >= 0.3 is 5.97 Å². The number of carbonyl (C=O) groups excluding carboxylic acids is 2. The maximum Gasteiger partial charge on any atom is 0.339 e. The molecule has 2 aromatic carbocycles. The molecule has 0 bridgehead atoms. The molecule has 2 heterocycles. The molecule has 27 heavy (non-hydrogen) atoms. The Morgan fingerprint density at radius 3 is 2.78 bits per heavy atom. The van der Waals surface area contributed by atoms with Gasteiger partial charge in [0.2, 0.25) is 5.13 Å². The zero-order chi connectivity index (χ0) is 18.8. The van der Waals surface area contributed by atoms with Gasteiger partial charge in [0, 0.05) is 12.0 Å². The molecule has 0 saturated carbocycles. The van der Waals surface area contributed by atoms with E-state index in [0.29, 0.717) is 22.7 Å². The van der Waals surface area contributed by atoms with Crippen molar-refractivity contribution < 1.29 is 14.3 Å². The van der Waals surface area contributed by atoms with Crippen LogP contribution in [-0.2, 0) is 17.6 Å². The Labute approximate surface area is 160 Å². The van der Waals surface area contributed by atoms with E-state index in [-0.39, 0.29) is 18.0 Å². The van der Waals surface area contributed by atoms with Gasteiger partial charge in [0.05, 0.1) is 5.56 Å². The number of cyclic esters (lactones) is 1. The van der Waals surface area contributed by atoms with Gasteiger partial charge in [-0.15, -0.1) is 10.2 Å². The molecular formula is C20H17N3O3S. The van der Waals surface area contributed by atoms with Crippen LogP contribution >= 0.6 is 11.3 Å². The van der Waals surface area contributed by atoms with Gasteiger partial charge in [-0.1, -0.05) is 48.6 Å². The van der Waals surface area contributed by atoms with Gasteiger partial charge in [0.1, 0.15) is 11.1 Å². The first kappa shape index (κ1) is 17.4. The molecule has 1 aliphatic rings. The molecule has 4 rings (SSSR count). The lowest BCUT2D eigenvalue weighted by Crippen LogP contribution is -2.23. The Kier molecular flexibility index (Phi) is 4.68. The summed E-state index contributed by atoms with van der Waals surface area (Å²) in [5, 5.41) is 12.1. The van der Waals surface area contributed by atoms with Crippen molar-refractivity contribution in [2.75, 3.05) is 5.32 Å². The van der Waals surface area contributed by atoms with Crippen LogP contribution in [0.2, 0.25) is 0 Å². The summed E-state index contributed by atoms with van der Waals surface area (Å²) in [6.45, 7) is 1.98. The van der Waals surface area contributed by atoms with Crippen molar-refractivity contribution >= 4 is 28.3 Å². The number of hydrogen-bond acceptors (Lipinski definition) is 6. The summed E-state index contributed by atoms with van der Waals surface area (Å²) in [6.07, 6.45) is 0.958. The van der Waals surface area contributed by atoms with Crippen LogP contribution in [0.5, 0.6) is 0 Å². The maximum atomic E-state index is 12.5. The molecule has 0 saturated heterocycles. The van der Waals surface area contributed by atoms with Gasteiger partial charge in [-0.05, 0) is 35.7 Å². The number of anilines is 1. The fourth-order valence-electron chi connectivity index (χ4n) is 3.01. The average Bonchev–Trinajstić information content (AvgIpc) is 3.15. The number of aromatic nitrogens is 2. The second kappa shape index (κ2) is 7.28. The van der Waals surface area contributed by atoms with Crippen LogP contribution in [0.3, 0.4) is 0 Å². The number of ether oxygens (including phenoxy) is 1. The molecular weight excluding hydrogens is 362 g/mol. The van der Waals surface area contributed by atoms with Gasteiger partial charge < -0.3 is 4.74 Å². The van der Waals surface area contributed by atoms with Crippen LogP contribution < -0.4 is 5.32 Å². The van der Waals surface area contributed by atoms with Crippen LogP contribution in [0.1, 0.15) is 49.9 Å². The number of carbonyl (C=O) groups is 2. The highest BCUT2D eigenvalue weighted by Gasteiger charge is 2.28. The Bertz CT molecular complexity index is 1000. The van der Waals surface area contributed by atoms with E-state index in [1.807, 2.05) is 37.3 Å². The van der Waals surface area contributed by atoms with E-state index >= 15 is 0 Å². The SMILES string of the molecule is CCc1nnc(NC(=O)c2ccc3c(c2)CC(c2ccccc2)OC3=O)s1. The first-order valence-corrected chi connectivity index (χ1v) is 9.48. The van der Waals surface area contributed by atoms with Crippen LogP contribution in [0, 0.1) is 0 Å². The van der Waals surface area contributed by atoms with Crippen molar-refractivity contribution in [2.24, 2.45) is 0 Å². The van der Waals surface area contributed by atoms with Gasteiger partial charge in [-0.25, -0.2) is 4.79 Å². The summed E-state index contributed by atoms with van der Waals surface area (Å²) in [6, 6.07) is 14.6. The second-order valence-corrected chi connectivity index (χ2v) is 7.25. The summed E-state index contributed by atoms with van der Waals surface area (Å²) in [5.41, 5.74) is 2.72. The molecule has 6 nitrogen and oxygen atoms in total. The third kappa shape index (κ3) is 3.59. The lowest BCUT2D eigenvalue weighted by Gasteiger charge is -2.25. The molecule has 1 aliphatic heterocycles. The standard InChI is InChI=1S/C20H17N3O3S/c1-2-17-22-23-20(27-17)21-18(24)13-8-9-15-14(10-13)11-16(26-19(15)25)12-6-4-3-5-7-12/h3-10,16H,2,11H2,1H3,(H,21,23,24). The van der Waals surface area contributed by atoms with E-state index < -0.39 is 0 Å². The Morgan fingerprint density at radius 1 is 1.22 bits per heavy atom. The molecule has 1 unspecified atom stereocenters. The largest absolute Gasteiger partial charge is 0.454 e. The normalized spacial score (nSPS) is 15.7. The molecule has 0 radical (unpaired) electrons. The van der Waals surface area contributed by atoms with Crippen LogP contribution in [0.15, 0.2) is 48.5 Å². The van der Waals surface area contributed by atoms with Crippen molar-refractivity contribution in [1.29, 1.82) is 0 Å². The minimum atomic E-state index is -0.367. The summed E-state index contributed by atoms with van der Waals surface area (Å²) < 4.78 is 5.55. The quantitative estimate of drug-likeness (QED) is 0.697. The molecule has 0 aliphatic carbocycles. The molecule has 1 aromatic heterocycles. The highest BCUT2D eigenvalue weighted by molar-refractivity contribution is 7.15. The summed E-state index contributed by atoms with van der Waals surface area (Å²) in [4.78, 5) is 24.9. The molecule has 1 atom stereocenters. The highest BCUT2D eigenvalue weighted by atomic mass is 32.1. The monoisotopic (exact) mass is 379 g/mol. The molecule has 3 aromatic rings. The number of amides is 1. The summed E-state index contributed by atoms with van der Waals surface area (Å²) >= 11 is 1.35. The van der Waals surface area contributed by atoms with Crippen molar-refractivity contribution in [2.45, 2.75) is 25.9 Å². The predicted octanol–water partition coefficient (Wildman–Crippen LogP) is 3.81. The molecule has 1 N–H and O–H groups in total.